The van der Waals surface area contributed by atoms with Crippen LogP contribution in [-0.2, 0) is 6.18 Å². The zero-order chi connectivity index (χ0) is 23.2. The number of halogens is 3. The van der Waals surface area contributed by atoms with Crippen LogP contribution in [0, 0.1) is 0 Å². The van der Waals surface area contributed by atoms with Crippen molar-refractivity contribution in [3.05, 3.63) is 83.0 Å². The van der Waals surface area contributed by atoms with E-state index in [9.17, 15) is 18.0 Å². The first kappa shape index (κ1) is 21.0. The summed E-state index contributed by atoms with van der Waals surface area (Å²) < 4.78 is 40.7. The van der Waals surface area contributed by atoms with Crippen molar-refractivity contribution in [2.24, 2.45) is 5.10 Å². The number of hydrogen-bond acceptors (Lipinski definition) is 6. The smallest absolute Gasteiger partial charge is 0.363 e. The van der Waals surface area contributed by atoms with Crippen LogP contribution in [0.3, 0.4) is 0 Å². The van der Waals surface area contributed by atoms with Crippen LogP contribution in [-0.4, -0.2) is 40.9 Å². The number of carbonyl (C=O) groups is 1. The number of anilines is 1. The topological polar surface area (TPSA) is 72.9 Å². The predicted octanol–water partition coefficient (Wildman–Crippen LogP) is 3.43. The van der Waals surface area contributed by atoms with E-state index in [-0.39, 0.29) is 17.0 Å². The van der Waals surface area contributed by atoms with Crippen LogP contribution in [0.5, 0.6) is 0 Å². The van der Waals surface area contributed by atoms with Gasteiger partial charge < -0.3 is 15.5 Å². The summed E-state index contributed by atoms with van der Waals surface area (Å²) in [6, 6.07) is 10.6. The Morgan fingerprint density at radius 2 is 1.94 bits per heavy atom. The standard InChI is InChI=1S/C23H21F3N6O/c1-14-12-19-27-13-20(29-22(33)17-8-4-9-18(28-17)31-10-5-11-31)32(19)30-21(14)15-6-2-3-7-16(15)23(24,25)26/h2-4,6-9,12-13,19,27H,5,10-11H2,1H3,(H,29,33). The number of carbonyl (C=O) groups excluding carboxylic acids is 1. The second-order valence-corrected chi connectivity index (χ2v) is 8.00. The fraction of sp³-hybridized carbons (Fsp3) is 0.261. The lowest BCUT2D eigenvalue weighted by molar-refractivity contribution is -0.137. The summed E-state index contributed by atoms with van der Waals surface area (Å²) in [5, 5.41) is 11.8. The Kier molecular flexibility index (Phi) is 5.07. The highest BCUT2D eigenvalue weighted by Gasteiger charge is 2.37. The average molecular weight is 454 g/mol. The SMILES string of the molecule is CC1=CC2NC=C(NC(=O)c3cccc(N4CCC4)n3)N2N=C1c1ccccc1C(F)(F)F. The maximum atomic E-state index is 13.6. The molecule has 4 heterocycles. The van der Waals surface area contributed by atoms with Crippen LogP contribution in [0.25, 0.3) is 0 Å². The molecule has 1 saturated heterocycles. The molecule has 5 rings (SSSR count). The highest BCUT2D eigenvalue weighted by molar-refractivity contribution is 6.13. The lowest BCUT2D eigenvalue weighted by Gasteiger charge is -2.32. The maximum absolute atomic E-state index is 13.6. The molecular formula is C23H21F3N6O. The molecule has 33 heavy (non-hydrogen) atoms. The number of alkyl halides is 3. The van der Waals surface area contributed by atoms with E-state index in [0.717, 1.165) is 31.4 Å². The van der Waals surface area contributed by atoms with Gasteiger partial charge in [-0.1, -0.05) is 24.3 Å². The molecule has 10 heteroatoms. The zero-order valence-electron chi connectivity index (χ0n) is 17.7. The molecule has 3 aliphatic rings. The predicted molar refractivity (Wildman–Crippen MR) is 117 cm³/mol. The molecule has 1 atom stereocenters. The fourth-order valence-electron chi connectivity index (χ4n) is 3.94. The molecule has 0 aliphatic carbocycles. The molecule has 1 aromatic heterocycles. The van der Waals surface area contributed by atoms with Gasteiger partial charge >= 0.3 is 6.18 Å². The van der Waals surface area contributed by atoms with Crippen molar-refractivity contribution < 1.29 is 18.0 Å². The molecule has 0 spiro atoms. The molecule has 1 unspecified atom stereocenters. The van der Waals surface area contributed by atoms with Gasteiger partial charge in [0.05, 0.1) is 11.3 Å². The summed E-state index contributed by atoms with van der Waals surface area (Å²) in [6.07, 6.45) is -0.485. The van der Waals surface area contributed by atoms with Crippen LogP contribution < -0.4 is 15.5 Å². The van der Waals surface area contributed by atoms with E-state index in [1.165, 1.54) is 17.1 Å². The van der Waals surface area contributed by atoms with Gasteiger partial charge in [-0.25, -0.2) is 9.99 Å². The van der Waals surface area contributed by atoms with Crippen LogP contribution in [0.1, 0.15) is 35.0 Å². The molecule has 2 aromatic rings. The van der Waals surface area contributed by atoms with Gasteiger partial charge in [0.15, 0.2) is 0 Å². The summed E-state index contributed by atoms with van der Waals surface area (Å²) in [5.41, 5.74) is 0.271. The number of benzene rings is 1. The van der Waals surface area contributed by atoms with Crippen LogP contribution >= 0.6 is 0 Å². The molecule has 1 amide bonds. The molecule has 1 fully saturated rings. The highest BCUT2D eigenvalue weighted by atomic mass is 19.4. The van der Waals surface area contributed by atoms with Gasteiger partial charge in [-0.3, -0.25) is 4.79 Å². The first-order chi connectivity index (χ1) is 15.8. The summed E-state index contributed by atoms with van der Waals surface area (Å²) in [7, 11) is 0. The van der Waals surface area contributed by atoms with Gasteiger partial charge in [0.1, 0.15) is 23.5 Å². The van der Waals surface area contributed by atoms with Gasteiger partial charge in [0.2, 0.25) is 0 Å². The number of hydrogen-bond donors (Lipinski definition) is 2. The number of pyridine rings is 1. The Balaban J connectivity index is 1.40. The Bertz CT molecular complexity index is 1200. The van der Waals surface area contributed by atoms with Gasteiger partial charge in [-0.05, 0) is 43.2 Å². The second-order valence-electron chi connectivity index (χ2n) is 8.00. The summed E-state index contributed by atoms with van der Waals surface area (Å²) in [6.45, 7) is 3.53. The number of aromatic nitrogens is 1. The third-order valence-corrected chi connectivity index (χ3v) is 5.77. The van der Waals surface area contributed by atoms with Crippen LogP contribution in [0.2, 0.25) is 0 Å². The van der Waals surface area contributed by atoms with Crippen molar-refractivity contribution >= 4 is 17.4 Å². The van der Waals surface area contributed by atoms with Crippen molar-refractivity contribution in [1.29, 1.82) is 0 Å². The number of fused-ring (bicyclic) bond motifs is 1. The van der Waals surface area contributed by atoms with E-state index in [4.69, 9.17) is 0 Å². The number of hydrazone groups is 1. The Hall–Kier alpha value is -3.82. The molecule has 2 N–H and O–H groups in total. The average Bonchev–Trinajstić information content (AvgIpc) is 3.13. The Labute approximate surface area is 188 Å². The van der Waals surface area contributed by atoms with E-state index in [2.05, 4.69) is 25.6 Å². The van der Waals surface area contributed by atoms with E-state index in [0.29, 0.717) is 11.4 Å². The second kappa shape index (κ2) is 7.95. The minimum absolute atomic E-state index is 0.0151. The Morgan fingerprint density at radius 1 is 1.15 bits per heavy atom. The van der Waals surface area contributed by atoms with E-state index < -0.39 is 23.8 Å². The molecule has 1 aromatic carbocycles. The lowest BCUT2D eigenvalue weighted by Crippen LogP contribution is -2.40. The van der Waals surface area contributed by atoms with Gasteiger partial charge in [0, 0.05) is 24.9 Å². The summed E-state index contributed by atoms with van der Waals surface area (Å²) in [4.78, 5) is 19.4. The zero-order valence-corrected chi connectivity index (χ0v) is 17.7. The lowest BCUT2D eigenvalue weighted by atomic mass is 9.96. The third kappa shape index (κ3) is 3.92. The fourth-order valence-corrected chi connectivity index (χ4v) is 3.94. The highest BCUT2D eigenvalue weighted by Crippen LogP contribution is 2.34. The van der Waals surface area contributed by atoms with Crippen LogP contribution in [0.4, 0.5) is 19.0 Å². The van der Waals surface area contributed by atoms with E-state index >= 15 is 0 Å². The van der Waals surface area contributed by atoms with Crippen molar-refractivity contribution in [3.63, 3.8) is 0 Å². The van der Waals surface area contributed by atoms with Gasteiger partial charge in [-0.2, -0.15) is 18.3 Å². The third-order valence-electron chi connectivity index (χ3n) is 5.77. The van der Waals surface area contributed by atoms with Gasteiger partial charge in [0.25, 0.3) is 5.91 Å². The molecular weight excluding hydrogens is 433 g/mol. The largest absolute Gasteiger partial charge is 0.417 e. The summed E-state index contributed by atoms with van der Waals surface area (Å²) >= 11 is 0. The maximum Gasteiger partial charge on any atom is 0.417 e. The van der Waals surface area contributed by atoms with E-state index in [1.807, 2.05) is 6.07 Å². The van der Waals surface area contributed by atoms with Crippen molar-refractivity contribution in [1.82, 2.24) is 20.6 Å². The molecule has 7 nitrogen and oxygen atoms in total. The number of nitrogens with one attached hydrogen (secondary N) is 2. The number of nitrogens with zero attached hydrogens (tertiary/aromatic N) is 4. The molecule has 0 saturated carbocycles. The number of allylic oxidation sites excluding steroid dienone is 1. The first-order valence-electron chi connectivity index (χ1n) is 10.5. The monoisotopic (exact) mass is 454 g/mol. The molecule has 3 aliphatic heterocycles. The minimum Gasteiger partial charge on any atom is -0.363 e. The van der Waals surface area contributed by atoms with Crippen molar-refractivity contribution in [2.45, 2.75) is 25.7 Å². The quantitative estimate of drug-likeness (QED) is 0.741. The molecule has 0 bridgehead atoms. The normalized spacial score (nSPS) is 19.6. The summed E-state index contributed by atoms with van der Waals surface area (Å²) in [5.74, 6) is 0.641. The molecule has 170 valence electrons. The van der Waals surface area contributed by atoms with Gasteiger partial charge in [-0.15, -0.1) is 0 Å². The number of rotatable bonds is 4. The van der Waals surface area contributed by atoms with E-state index in [1.54, 1.807) is 37.4 Å². The van der Waals surface area contributed by atoms with Crippen molar-refractivity contribution in [2.75, 3.05) is 18.0 Å². The van der Waals surface area contributed by atoms with Crippen LogP contribution in [0.15, 0.2) is 71.2 Å². The minimum atomic E-state index is -4.51. The van der Waals surface area contributed by atoms with Crippen molar-refractivity contribution in [3.8, 4) is 0 Å². The number of amides is 1. The molecule has 0 radical (unpaired) electrons. The Morgan fingerprint density at radius 3 is 2.67 bits per heavy atom. The first-order valence-corrected chi connectivity index (χ1v) is 10.5.